The summed E-state index contributed by atoms with van der Waals surface area (Å²) < 4.78 is 15.4. The maximum atomic E-state index is 9.84. The zero-order chi connectivity index (χ0) is 14.5. The SMILES string of the molecule is COCC(C)(C)NCc1cc(OC)c(O)c(OC)c1. The van der Waals surface area contributed by atoms with Crippen molar-refractivity contribution in [1.82, 2.24) is 5.32 Å². The fourth-order valence-corrected chi connectivity index (χ4v) is 1.80. The monoisotopic (exact) mass is 269 g/mol. The van der Waals surface area contributed by atoms with Crippen LogP contribution < -0.4 is 14.8 Å². The lowest BCUT2D eigenvalue weighted by molar-refractivity contribution is 0.127. The predicted molar refractivity (Wildman–Crippen MR) is 74.0 cm³/mol. The Morgan fingerprint density at radius 3 is 2.05 bits per heavy atom. The molecule has 0 heterocycles. The Bertz CT molecular complexity index is 393. The Kier molecular flexibility index (Phi) is 5.44. The van der Waals surface area contributed by atoms with Crippen molar-refractivity contribution in [3.63, 3.8) is 0 Å². The number of benzene rings is 1. The Balaban J connectivity index is 2.84. The minimum absolute atomic E-state index is 0.0184. The van der Waals surface area contributed by atoms with Crippen molar-refractivity contribution < 1.29 is 19.3 Å². The van der Waals surface area contributed by atoms with E-state index in [1.807, 2.05) is 0 Å². The second kappa shape index (κ2) is 6.63. The Hall–Kier alpha value is -1.46. The van der Waals surface area contributed by atoms with Crippen LogP contribution in [0.5, 0.6) is 17.2 Å². The third-order valence-electron chi connectivity index (χ3n) is 2.82. The van der Waals surface area contributed by atoms with Crippen molar-refractivity contribution in [3.05, 3.63) is 17.7 Å². The number of hydrogen-bond donors (Lipinski definition) is 2. The molecule has 1 aromatic carbocycles. The van der Waals surface area contributed by atoms with E-state index in [0.717, 1.165) is 5.56 Å². The maximum Gasteiger partial charge on any atom is 0.200 e. The summed E-state index contributed by atoms with van der Waals surface area (Å²) in [7, 11) is 4.71. The number of nitrogens with one attached hydrogen (secondary N) is 1. The molecule has 19 heavy (non-hydrogen) atoms. The molecule has 0 aliphatic heterocycles. The van der Waals surface area contributed by atoms with Crippen LogP contribution in [0.25, 0.3) is 0 Å². The second-order valence-electron chi connectivity index (χ2n) is 5.02. The molecule has 0 atom stereocenters. The van der Waals surface area contributed by atoms with Crippen molar-refractivity contribution in [1.29, 1.82) is 0 Å². The fourth-order valence-electron chi connectivity index (χ4n) is 1.80. The van der Waals surface area contributed by atoms with Crippen LogP contribution in [0.4, 0.5) is 0 Å². The number of phenolic OH excluding ortho intramolecular Hbond substituents is 1. The van der Waals surface area contributed by atoms with Crippen molar-refractivity contribution in [2.75, 3.05) is 27.9 Å². The minimum atomic E-state index is -0.132. The summed E-state index contributed by atoms with van der Waals surface area (Å²) in [5.74, 6) is 0.825. The lowest BCUT2D eigenvalue weighted by atomic mass is 10.1. The summed E-state index contributed by atoms with van der Waals surface area (Å²) in [5, 5.41) is 13.2. The zero-order valence-corrected chi connectivity index (χ0v) is 12.2. The highest BCUT2D eigenvalue weighted by Crippen LogP contribution is 2.37. The Labute approximate surface area is 114 Å². The van der Waals surface area contributed by atoms with Crippen LogP contribution in [0.1, 0.15) is 19.4 Å². The summed E-state index contributed by atoms with van der Waals surface area (Å²) >= 11 is 0. The normalized spacial score (nSPS) is 11.4. The van der Waals surface area contributed by atoms with E-state index in [9.17, 15) is 5.11 Å². The predicted octanol–water partition coefficient (Wildman–Crippen LogP) is 1.92. The quantitative estimate of drug-likeness (QED) is 0.792. The molecular formula is C14H23NO4. The van der Waals surface area contributed by atoms with Crippen molar-refractivity contribution in [3.8, 4) is 17.2 Å². The topological polar surface area (TPSA) is 60.0 Å². The molecule has 1 aromatic rings. The first-order chi connectivity index (χ1) is 8.93. The molecule has 0 unspecified atom stereocenters. The molecule has 0 spiro atoms. The molecule has 0 aliphatic rings. The molecule has 0 aromatic heterocycles. The molecular weight excluding hydrogens is 246 g/mol. The Morgan fingerprint density at radius 2 is 1.63 bits per heavy atom. The first-order valence-electron chi connectivity index (χ1n) is 6.11. The number of methoxy groups -OCH3 is 3. The summed E-state index contributed by atoms with van der Waals surface area (Å²) in [6.45, 7) is 5.36. The summed E-state index contributed by atoms with van der Waals surface area (Å²) in [6.07, 6.45) is 0. The van der Waals surface area contributed by atoms with Gasteiger partial charge in [0.2, 0.25) is 5.75 Å². The van der Waals surface area contributed by atoms with Gasteiger partial charge in [-0.25, -0.2) is 0 Å². The van der Waals surface area contributed by atoms with Crippen LogP contribution in [0.2, 0.25) is 0 Å². The maximum absolute atomic E-state index is 9.84. The molecule has 0 bridgehead atoms. The average molecular weight is 269 g/mol. The van der Waals surface area contributed by atoms with Gasteiger partial charge in [0.1, 0.15) is 0 Å². The van der Waals surface area contributed by atoms with Crippen LogP contribution in [-0.4, -0.2) is 38.6 Å². The van der Waals surface area contributed by atoms with Gasteiger partial charge in [-0.3, -0.25) is 0 Å². The Morgan fingerprint density at radius 1 is 1.11 bits per heavy atom. The van der Waals surface area contributed by atoms with Gasteiger partial charge in [-0.1, -0.05) is 0 Å². The molecule has 0 amide bonds. The number of phenols is 1. The van der Waals surface area contributed by atoms with Crippen LogP contribution in [-0.2, 0) is 11.3 Å². The van der Waals surface area contributed by atoms with Gasteiger partial charge in [0, 0.05) is 19.2 Å². The lowest BCUT2D eigenvalue weighted by Gasteiger charge is -2.25. The van der Waals surface area contributed by atoms with Gasteiger partial charge in [-0.15, -0.1) is 0 Å². The average Bonchev–Trinajstić information content (AvgIpc) is 2.37. The van der Waals surface area contributed by atoms with Crippen LogP contribution >= 0.6 is 0 Å². The summed E-state index contributed by atoms with van der Waals surface area (Å²) in [5.41, 5.74) is 0.836. The molecule has 0 aliphatic carbocycles. The first kappa shape index (κ1) is 15.6. The fraction of sp³-hybridized carbons (Fsp3) is 0.571. The van der Waals surface area contributed by atoms with E-state index in [2.05, 4.69) is 19.2 Å². The van der Waals surface area contributed by atoms with Gasteiger partial charge in [-0.05, 0) is 31.5 Å². The van der Waals surface area contributed by atoms with E-state index in [-0.39, 0.29) is 11.3 Å². The van der Waals surface area contributed by atoms with Gasteiger partial charge in [-0.2, -0.15) is 0 Å². The third kappa shape index (κ3) is 4.29. The summed E-state index contributed by atoms with van der Waals surface area (Å²) in [4.78, 5) is 0. The van der Waals surface area contributed by atoms with E-state index in [0.29, 0.717) is 24.7 Å². The zero-order valence-electron chi connectivity index (χ0n) is 12.2. The van der Waals surface area contributed by atoms with E-state index in [1.54, 1.807) is 19.2 Å². The molecule has 108 valence electrons. The van der Waals surface area contributed by atoms with Gasteiger partial charge < -0.3 is 24.6 Å². The van der Waals surface area contributed by atoms with Gasteiger partial charge >= 0.3 is 0 Å². The van der Waals surface area contributed by atoms with E-state index < -0.39 is 0 Å². The van der Waals surface area contributed by atoms with Gasteiger partial charge in [0.05, 0.1) is 20.8 Å². The van der Waals surface area contributed by atoms with Crippen molar-refractivity contribution >= 4 is 0 Å². The molecule has 2 N–H and O–H groups in total. The minimum Gasteiger partial charge on any atom is -0.502 e. The molecule has 5 heteroatoms. The smallest absolute Gasteiger partial charge is 0.200 e. The highest BCUT2D eigenvalue weighted by Gasteiger charge is 2.17. The highest BCUT2D eigenvalue weighted by atomic mass is 16.5. The molecule has 5 nitrogen and oxygen atoms in total. The third-order valence-corrected chi connectivity index (χ3v) is 2.82. The van der Waals surface area contributed by atoms with Crippen LogP contribution in [0, 0.1) is 0 Å². The molecule has 0 radical (unpaired) electrons. The standard InChI is InChI=1S/C14H23NO4/c1-14(2,9-17-3)15-8-10-6-11(18-4)13(16)12(7-10)19-5/h6-7,15-16H,8-9H2,1-5H3. The van der Waals surface area contributed by atoms with Crippen molar-refractivity contribution in [2.24, 2.45) is 0 Å². The van der Waals surface area contributed by atoms with Gasteiger partial charge in [0.15, 0.2) is 11.5 Å². The first-order valence-corrected chi connectivity index (χ1v) is 6.11. The van der Waals surface area contributed by atoms with Crippen molar-refractivity contribution in [2.45, 2.75) is 25.9 Å². The molecule has 0 fully saturated rings. The van der Waals surface area contributed by atoms with Gasteiger partial charge in [0.25, 0.3) is 0 Å². The second-order valence-corrected chi connectivity index (χ2v) is 5.02. The summed E-state index contributed by atoms with van der Waals surface area (Å²) in [6, 6.07) is 3.57. The molecule has 1 rings (SSSR count). The van der Waals surface area contributed by atoms with E-state index >= 15 is 0 Å². The number of ether oxygens (including phenoxy) is 3. The number of hydrogen-bond acceptors (Lipinski definition) is 5. The number of rotatable bonds is 7. The molecule has 0 saturated carbocycles. The number of aromatic hydroxyl groups is 1. The largest absolute Gasteiger partial charge is 0.502 e. The van der Waals surface area contributed by atoms with Crippen LogP contribution in [0.3, 0.4) is 0 Å². The molecule has 0 saturated heterocycles. The lowest BCUT2D eigenvalue weighted by Crippen LogP contribution is -2.42. The van der Waals surface area contributed by atoms with Crippen LogP contribution in [0.15, 0.2) is 12.1 Å². The van der Waals surface area contributed by atoms with E-state index in [1.165, 1.54) is 14.2 Å². The highest BCUT2D eigenvalue weighted by molar-refractivity contribution is 5.52. The van der Waals surface area contributed by atoms with E-state index in [4.69, 9.17) is 14.2 Å².